The lowest BCUT2D eigenvalue weighted by Crippen LogP contribution is -2.49. The molecule has 0 saturated carbocycles. The van der Waals surface area contributed by atoms with E-state index in [1.54, 1.807) is 6.07 Å². The molecule has 22 heavy (non-hydrogen) atoms. The average molecular weight is 303 g/mol. The molecular formula is C19H29NO2. The topological polar surface area (TPSA) is 40.5 Å². The van der Waals surface area contributed by atoms with Gasteiger partial charge >= 0.3 is 0 Å². The summed E-state index contributed by atoms with van der Waals surface area (Å²) < 4.78 is 0. The summed E-state index contributed by atoms with van der Waals surface area (Å²) in [6.07, 6.45) is 4.93. The van der Waals surface area contributed by atoms with Gasteiger partial charge in [0.15, 0.2) is 0 Å². The fraction of sp³-hybridized carbons (Fsp3) is 0.632. The summed E-state index contributed by atoms with van der Waals surface area (Å²) in [6, 6.07) is 7.58. The molecule has 0 bridgehead atoms. The summed E-state index contributed by atoms with van der Waals surface area (Å²) in [7, 11) is 0. The van der Waals surface area contributed by atoms with Crippen LogP contribution in [-0.4, -0.2) is 29.0 Å². The highest BCUT2D eigenvalue weighted by Crippen LogP contribution is 2.40. The predicted molar refractivity (Wildman–Crippen MR) is 90.0 cm³/mol. The lowest BCUT2D eigenvalue weighted by Gasteiger charge is -2.45. The van der Waals surface area contributed by atoms with Gasteiger partial charge in [0.1, 0.15) is 5.75 Å². The highest BCUT2D eigenvalue weighted by molar-refractivity contribution is 5.76. The van der Waals surface area contributed by atoms with Crippen LogP contribution in [0.4, 0.5) is 0 Å². The minimum atomic E-state index is 0.0267. The maximum Gasteiger partial charge on any atom is 0.222 e. The van der Waals surface area contributed by atoms with Gasteiger partial charge in [-0.15, -0.1) is 0 Å². The van der Waals surface area contributed by atoms with Crippen molar-refractivity contribution in [1.82, 2.24) is 4.90 Å². The van der Waals surface area contributed by atoms with Crippen LogP contribution < -0.4 is 0 Å². The number of carbonyl (C=O) groups is 1. The molecule has 0 aromatic heterocycles. The van der Waals surface area contributed by atoms with Gasteiger partial charge in [0.05, 0.1) is 0 Å². The Labute approximate surface area is 134 Å². The van der Waals surface area contributed by atoms with Crippen LogP contribution in [0.2, 0.25) is 0 Å². The number of hydrogen-bond acceptors (Lipinski definition) is 2. The van der Waals surface area contributed by atoms with Crippen molar-refractivity contribution < 1.29 is 9.90 Å². The fourth-order valence-electron chi connectivity index (χ4n) is 3.44. The number of benzene rings is 1. The van der Waals surface area contributed by atoms with Gasteiger partial charge in [0.2, 0.25) is 5.91 Å². The Kier molecular flexibility index (Phi) is 5.49. The molecule has 2 atom stereocenters. The van der Waals surface area contributed by atoms with Crippen LogP contribution in [0.25, 0.3) is 0 Å². The third-order valence-electron chi connectivity index (χ3n) is 5.34. The number of nitrogens with zero attached hydrogens (tertiary/aromatic N) is 1. The van der Waals surface area contributed by atoms with Crippen LogP contribution in [-0.2, 0) is 10.2 Å². The van der Waals surface area contributed by atoms with Crippen LogP contribution in [0.5, 0.6) is 5.75 Å². The molecule has 3 heteroatoms. The molecule has 0 spiro atoms. The maximum absolute atomic E-state index is 12.3. The van der Waals surface area contributed by atoms with Crippen LogP contribution >= 0.6 is 0 Å². The molecule has 1 aromatic carbocycles. The summed E-state index contributed by atoms with van der Waals surface area (Å²) >= 11 is 0. The van der Waals surface area contributed by atoms with Crippen molar-refractivity contribution in [1.29, 1.82) is 0 Å². The Balaban J connectivity index is 2.01. The van der Waals surface area contributed by atoms with Crippen molar-refractivity contribution >= 4 is 5.91 Å². The van der Waals surface area contributed by atoms with E-state index in [9.17, 15) is 9.90 Å². The number of rotatable bonds is 5. The monoisotopic (exact) mass is 303 g/mol. The molecule has 1 amide bonds. The molecule has 1 fully saturated rings. The molecule has 3 nitrogen and oxygen atoms in total. The van der Waals surface area contributed by atoms with E-state index < -0.39 is 0 Å². The van der Waals surface area contributed by atoms with Crippen molar-refractivity contribution in [3.05, 3.63) is 29.8 Å². The van der Waals surface area contributed by atoms with Gasteiger partial charge in [-0.1, -0.05) is 45.7 Å². The lowest BCUT2D eigenvalue weighted by atomic mass is 9.68. The first-order chi connectivity index (χ1) is 10.5. The quantitative estimate of drug-likeness (QED) is 0.832. The van der Waals surface area contributed by atoms with Gasteiger partial charge in [-0.25, -0.2) is 0 Å². The lowest BCUT2D eigenvalue weighted by molar-refractivity contribution is -0.134. The Hall–Kier alpha value is -1.51. The molecule has 1 aliphatic heterocycles. The standard InChI is InChI=1S/C19H29NO2/c1-4-5-6-10-18(22)20-12-11-19(3,15(2)14-20)16-8-7-9-17(21)13-16/h7-9,13,15,21H,4-6,10-12,14H2,1-3H3. The second-order valence-electron chi connectivity index (χ2n) is 6.92. The first-order valence-corrected chi connectivity index (χ1v) is 8.54. The minimum Gasteiger partial charge on any atom is -0.508 e. The molecule has 1 heterocycles. The smallest absolute Gasteiger partial charge is 0.222 e. The first-order valence-electron chi connectivity index (χ1n) is 8.54. The number of hydrogen-bond donors (Lipinski definition) is 1. The molecule has 0 radical (unpaired) electrons. The Morgan fingerprint density at radius 2 is 2.18 bits per heavy atom. The number of phenolic OH excluding ortho intramolecular Hbond substituents is 1. The molecular weight excluding hydrogens is 274 g/mol. The predicted octanol–water partition coefficient (Wildman–Crippen LogP) is 4.10. The number of carbonyl (C=O) groups excluding carboxylic acids is 1. The molecule has 0 aliphatic carbocycles. The van der Waals surface area contributed by atoms with E-state index in [1.807, 2.05) is 17.0 Å². The summed E-state index contributed by atoms with van der Waals surface area (Å²) in [4.78, 5) is 14.3. The van der Waals surface area contributed by atoms with E-state index in [2.05, 4.69) is 26.8 Å². The van der Waals surface area contributed by atoms with Gasteiger partial charge in [-0.3, -0.25) is 4.79 Å². The summed E-state index contributed by atoms with van der Waals surface area (Å²) in [6.45, 7) is 8.27. The average Bonchev–Trinajstić information content (AvgIpc) is 2.50. The second-order valence-corrected chi connectivity index (χ2v) is 6.92. The van der Waals surface area contributed by atoms with E-state index >= 15 is 0 Å². The van der Waals surface area contributed by atoms with Crippen LogP contribution in [0, 0.1) is 5.92 Å². The number of aromatic hydroxyl groups is 1. The molecule has 122 valence electrons. The summed E-state index contributed by atoms with van der Waals surface area (Å²) in [5, 5.41) is 9.74. The zero-order valence-corrected chi connectivity index (χ0v) is 14.1. The molecule has 2 unspecified atom stereocenters. The van der Waals surface area contributed by atoms with E-state index in [-0.39, 0.29) is 5.41 Å². The summed E-state index contributed by atoms with van der Waals surface area (Å²) in [5.41, 5.74) is 1.21. The van der Waals surface area contributed by atoms with Crippen LogP contribution in [0.3, 0.4) is 0 Å². The number of likely N-dealkylation sites (tertiary alicyclic amines) is 1. The number of phenols is 1. The fourth-order valence-corrected chi connectivity index (χ4v) is 3.44. The van der Waals surface area contributed by atoms with Crippen molar-refractivity contribution in [3.63, 3.8) is 0 Å². The zero-order valence-electron chi connectivity index (χ0n) is 14.1. The van der Waals surface area contributed by atoms with Crippen LogP contribution in [0.1, 0.15) is 58.4 Å². The van der Waals surface area contributed by atoms with E-state index in [4.69, 9.17) is 0 Å². The Morgan fingerprint density at radius 1 is 1.41 bits per heavy atom. The SMILES string of the molecule is CCCCCC(=O)N1CCC(C)(c2cccc(O)c2)C(C)C1. The maximum atomic E-state index is 12.3. The molecule has 1 N–H and O–H groups in total. The zero-order chi connectivity index (χ0) is 16.2. The van der Waals surface area contributed by atoms with Crippen LogP contribution in [0.15, 0.2) is 24.3 Å². The van der Waals surface area contributed by atoms with Crippen molar-refractivity contribution in [2.45, 2.75) is 58.3 Å². The van der Waals surface area contributed by atoms with Crippen molar-refractivity contribution in [2.24, 2.45) is 5.92 Å². The van der Waals surface area contributed by atoms with E-state index in [0.717, 1.165) is 38.8 Å². The van der Waals surface area contributed by atoms with Gasteiger partial charge in [0.25, 0.3) is 0 Å². The van der Waals surface area contributed by atoms with E-state index in [1.165, 1.54) is 5.56 Å². The van der Waals surface area contributed by atoms with Gasteiger partial charge in [-0.05, 0) is 41.9 Å². The Bertz CT molecular complexity index is 514. The number of amides is 1. The third-order valence-corrected chi connectivity index (χ3v) is 5.34. The molecule has 1 aromatic rings. The number of unbranched alkanes of at least 4 members (excludes halogenated alkanes) is 2. The summed E-state index contributed by atoms with van der Waals surface area (Å²) in [5.74, 6) is 1.01. The first kappa shape index (κ1) is 16.9. The number of piperidine rings is 1. The Morgan fingerprint density at radius 3 is 2.82 bits per heavy atom. The van der Waals surface area contributed by atoms with Crippen molar-refractivity contribution in [3.8, 4) is 5.75 Å². The molecule has 2 rings (SSSR count). The van der Waals surface area contributed by atoms with Gasteiger partial charge in [0, 0.05) is 19.5 Å². The second kappa shape index (κ2) is 7.17. The van der Waals surface area contributed by atoms with E-state index in [0.29, 0.717) is 24.0 Å². The highest BCUT2D eigenvalue weighted by atomic mass is 16.3. The van der Waals surface area contributed by atoms with Gasteiger partial charge in [-0.2, -0.15) is 0 Å². The molecule has 1 saturated heterocycles. The molecule has 1 aliphatic rings. The largest absolute Gasteiger partial charge is 0.508 e. The normalized spacial score (nSPS) is 25.2. The third kappa shape index (κ3) is 3.63. The minimum absolute atomic E-state index is 0.0267. The van der Waals surface area contributed by atoms with Crippen molar-refractivity contribution in [2.75, 3.05) is 13.1 Å². The highest BCUT2D eigenvalue weighted by Gasteiger charge is 2.39. The van der Waals surface area contributed by atoms with Gasteiger partial charge < -0.3 is 10.0 Å².